The molecule has 3 rings (SSSR count). The average molecular weight is 301 g/mol. The second-order valence-electron chi connectivity index (χ2n) is 8.31. The number of fused-ring (bicyclic) bond motifs is 2. The predicted octanol–water partition coefficient (Wildman–Crippen LogP) is 3.84. The quantitative estimate of drug-likeness (QED) is 0.852. The molecule has 3 heteroatoms. The van der Waals surface area contributed by atoms with Gasteiger partial charge in [-0.25, -0.2) is 0 Å². The van der Waals surface area contributed by atoms with E-state index in [1.807, 2.05) is 0 Å². The Hall–Kier alpha value is 0.210. The molecule has 2 saturated heterocycles. The van der Waals surface area contributed by atoms with E-state index in [0.29, 0.717) is 5.41 Å². The van der Waals surface area contributed by atoms with Crippen molar-refractivity contribution in [2.24, 2.45) is 11.3 Å². The number of rotatable bonds is 3. The van der Waals surface area contributed by atoms with E-state index in [9.17, 15) is 0 Å². The summed E-state index contributed by atoms with van der Waals surface area (Å²) in [5.74, 6) is 0.963. The van der Waals surface area contributed by atoms with Crippen LogP contribution in [0.1, 0.15) is 65.2 Å². The molecule has 3 aliphatic rings. The van der Waals surface area contributed by atoms with Gasteiger partial charge in [-0.05, 0) is 69.7 Å². The molecule has 1 aliphatic carbocycles. The molecular weight excluding hydrogens is 268 g/mol. The smallest absolute Gasteiger partial charge is 0.0122 e. The summed E-state index contributed by atoms with van der Waals surface area (Å²) in [7, 11) is 2.38. The number of nitrogens with zero attached hydrogens (tertiary/aromatic N) is 1. The van der Waals surface area contributed by atoms with Gasteiger partial charge in [0, 0.05) is 24.7 Å². The molecule has 0 radical (unpaired) electrons. The van der Waals surface area contributed by atoms with Gasteiger partial charge in [0.15, 0.2) is 0 Å². The van der Waals surface area contributed by atoms with Gasteiger partial charge in [0.05, 0.1) is 0 Å². The van der Waals surface area contributed by atoms with Crippen LogP contribution in [0.2, 0.25) is 0 Å². The lowest BCUT2D eigenvalue weighted by Crippen LogP contribution is -2.48. The van der Waals surface area contributed by atoms with Gasteiger partial charge in [0.2, 0.25) is 0 Å². The minimum Gasteiger partial charge on any atom is -0.311 e. The van der Waals surface area contributed by atoms with Crippen molar-refractivity contribution in [2.45, 2.75) is 83.3 Å². The van der Waals surface area contributed by atoms with E-state index in [0.717, 1.165) is 24.0 Å². The van der Waals surface area contributed by atoms with E-state index < -0.39 is 0 Å². The first-order valence-corrected chi connectivity index (χ1v) is 8.48. The van der Waals surface area contributed by atoms with E-state index in [1.165, 1.54) is 57.9 Å². The Morgan fingerprint density at radius 3 is 2.10 bits per heavy atom. The van der Waals surface area contributed by atoms with Crippen molar-refractivity contribution >= 4 is 12.4 Å². The first-order chi connectivity index (χ1) is 9.02. The van der Waals surface area contributed by atoms with E-state index in [-0.39, 0.29) is 12.4 Å². The molecule has 2 atom stereocenters. The van der Waals surface area contributed by atoms with Crippen LogP contribution in [-0.2, 0) is 0 Å². The fraction of sp³-hybridized carbons (Fsp3) is 1.00. The lowest BCUT2D eigenvalue weighted by Gasteiger charge is -2.40. The van der Waals surface area contributed by atoms with Gasteiger partial charge >= 0.3 is 0 Å². The molecule has 2 aliphatic heterocycles. The molecule has 0 amide bonds. The standard InChI is InChI=1S/C17H32N2.ClH/c1-17(2)8-6-13(7-9-17)12-19(3)16-10-14-4-5-15(11-16)18-14;/h13-16,18H,4-12H2,1-3H3;1H. The molecule has 20 heavy (non-hydrogen) atoms. The number of piperidine rings is 1. The zero-order valence-corrected chi connectivity index (χ0v) is 14.3. The number of nitrogens with one attached hydrogen (secondary N) is 1. The molecule has 0 spiro atoms. The summed E-state index contributed by atoms with van der Waals surface area (Å²) < 4.78 is 0. The second kappa shape index (κ2) is 6.54. The minimum absolute atomic E-state index is 0. The van der Waals surface area contributed by atoms with Crippen LogP contribution in [0.4, 0.5) is 0 Å². The molecule has 2 nitrogen and oxygen atoms in total. The third-order valence-electron chi connectivity index (χ3n) is 6.08. The molecule has 3 fully saturated rings. The topological polar surface area (TPSA) is 15.3 Å². The normalized spacial score (nSPS) is 36.9. The maximum atomic E-state index is 3.76. The number of hydrogen-bond donors (Lipinski definition) is 1. The molecule has 0 aromatic heterocycles. The van der Waals surface area contributed by atoms with E-state index >= 15 is 0 Å². The third-order valence-corrected chi connectivity index (χ3v) is 6.08. The summed E-state index contributed by atoms with van der Waals surface area (Å²) in [6.45, 7) is 6.23. The van der Waals surface area contributed by atoms with Gasteiger partial charge in [-0.1, -0.05) is 13.8 Å². The van der Waals surface area contributed by atoms with Gasteiger partial charge < -0.3 is 10.2 Å². The van der Waals surface area contributed by atoms with Crippen LogP contribution >= 0.6 is 12.4 Å². The van der Waals surface area contributed by atoms with Gasteiger partial charge in [-0.2, -0.15) is 0 Å². The van der Waals surface area contributed by atoms with Crippen LogP contribution in [0.3, 0.4) is 0 Å². The summed E-state index contributed by atoms with van der Waals surface area (Å²) in [5.41, 5.74) is 0.614. The van der Waals surface area contributed by atoms with Crippen LogP contribution in [-0.4, -0.2) is 36.6 Å². The van der Waals surface area contributed by atoms with Gasteiger partial charge in [-0.3, -0.25) is 0 Å². The fourth-order valence-electron chi connectivity index (χ4n) is 4.59. The zero-order valence-electron chi connectivity index (χ0n) is 13.5. The molecule has 2 bridgehead atoms. The molecule has 1 saturated carbocycles. The minimum atomic E-state index is 0. The first kappa shape index (κ1) is 16.6. The highest BCUT2D eigenvalue weighted by molar-refractivity contribution is 5.85. The maximum absolute atomic E-state index is 3.76. The average Bonchev–Trinajstić information content (AvgIpc) is 2.71. The summed E-state index contributed by atoms with van der Waals surface area (Å²) in [6, 6.07) is 2.52. The maximum Gasteiger partial charge on any atom is 0.0122 e. The lowest BCUT2D eigenvalue weighted by molar-refractivity contribution is 0.113. The van der Waals surface area contributed by atoms with E-state index in [1.54, 1.807) is 0 Å². The number of hydrogen-bond acceptors (Lipinski definition) is 2. The van der Waals surface area contributed by atoms with Crippen molar-refractivity contribution in [1.29, 1.82) is 0 Å². The summed E-state index contributed by atoms with van der Waals surface area (Å²) in [4.78, 5) is 2.70. The van der Waals surface area contributed by atoms with Crippen LogP contribution < -0.4 is 5.32 Å². The van der Waals surface area contributed by atoms with Crippen LogP contribution in [0, 0.1) is 11.3 Å². The first-order valence-electron chi connectivity index (χ1n) is 8.48. The van der Waals surface area contributed by atoms with Crippen LogP contribution in [0.5, 0.6) is 0 Å². The van der Waals surface area contributed by atoms with Crippen molar-refractivity contribution in [3.8, 4) is 0 Å². The highest BCUT2D eigenvalue weighted by Gasteiger charge is 2.36. The monoisotopic (exact) mass is 300 g/mol. The fourth-order valence-corrected chi connectivity index (χ4v) is 4.59. The highest BCUT2D eigenvalue weighted by Crippen LogP contribution is 2.38. The Morgan fingerprint density at radius 2 is 1.55 bits per heavy atom. The molecular formula is C17H33ClN2. The summed E-state index contributed by atoms with van der Waals surface area (Å²) >= 11 is 0. The van der Waals surface area contributed by atoms with Gasteiger partial charge in [-0.15, -0.1) is 12.4 Å². The highest BCUT2D eigenvalue weighted by atomic mass is 35.5. The van der Waals surface area contributed by atoms with Gasteiger partial charge in [0.25, 0.3) is 0 Å². The second-order valence-corrected chi connectivity index (χ2v) is 8.31. The molecule has 118 valence electrons. The molecule has 2 heterocycles. The summed E-state index contributed by atoms with van der Waals surface area (Å²) in [5, 5.41) is 3.76. The van der Waals surface area contributed by atoms with Crippen molar-refractivity contribution < 1.29 is 0 Å². The van der Waals surface area contributed by atoms with Crippen molar-refractivity contribution in [3.63, 3.8) is 0 Å². The Bertz CT molecular complexity index is 296. The van der Waals surface area contributed by atoms with E-state index in [2.05, 4.69) is 31.1 Å². The predicted molar refractivity (Wildman–Crippen MR) is 88.6 cm³/mol. The summed E-state index contributed by atoms with van der Waals surface area (Å²) in [6.07, 6.45) is 11.4. The molecule has 0 aromatic carbocycles. The van der Waals surface area contributed by atoms with Crippen molar-refractivity contribution in [3.05, 3.63) is 0 Å². The van der Waals surface area contributed by atoms with Crippen molar-refractivity contribution in [1.82, 2.24) is 10.2 Å². The molecule has 0 aromatic rings. The zero-order chi connectivity index (χ0) is 13.5. The Labute approximate surface area is 131 Å². The Morgan fingerprint density at radius 1 is 1.00 bits per heavy atom. The largest absolute Gasteiger partial charge is 0.311 e. The molecule has 2 unspecified atom stereocenters. The van der Waals surface area contributed by atoms with Crippen molar-refractivity contribution in [2.75, 3.05) is 13.6 Å². The van der Waals surface area contributed by atoms with Crippen LogP contribution in [0.15, 0.2) is 0 Å². The lowest BCUT2D eigenvalue weighted by atomic mass is 9.73. The Kier molecular flexibility index (Phi) is 5.42. The molecule has 1 N–H and O–H groups in total. The van der Waals surface area contributed by atoms with Crippen LogP contribution in [0.25, 0.3) is 0 Å². The number of halogens is 1. The third kappa shape index (κ3) is 3.90. The van der Waals surface area contributed by atoms with Gasteiger partial charge in [0.1, 0.15) is 0 Å². The Balaban J connectivity index is 0.00000147. The van der Waals surface area contributed by atoms with E-state index in [4.69, 9.17) is 0 Å². The SMILES string of the molecule is CN(CC1CCC(C)(C)CC1)C1CC2CCC(C1)N2.Cl.